The Morgan fingerprint density at radius 3 is 2.27 bits per heavy atom. The number of benzene rings is 2. The van der Waals surface area contributed by atoms with Gasteiger partial charge in [0.05, 0.1) is 11.4 Å². The van der Waals surface area contributed by atoms with Gasteiger partial charge in [0, 0.05) is 38.7 Å². The molecular weight excluding hydrogens is 326 g/mol. The Kier molecular flexibility index (Phi) is 5.26. The van der Waals surface area contributed by atoms with Gasteiger partial charge in [-0.1, -0.05) is 18.2 Å². The fourth-order valence-corrected chi connectivity index (χ4v) is 3.19. The Labute approximate surface area is 154 Å². The Bertz CT molecular complexity index is 824. The van der Waals surface area contributed by atoms with Gasteiger partial charge in [0.25, 0.3) is 5.91 Å². The predicted octanol–water partition coefficient (Wildman–Crippen LogP) is 3.22. The zero-order valence-corrected chi connectivity index (χ0v) is 15.6. The summed E-state index contributed by atoms with van der Waals surface area (Å²) in [5.74, 6) is 0.00361. The maximum absolute atomic E-state index is 12.7. The summed E-state index contributed by atoms with van der Waals surface area (Å²) in [6.07, 6.45) is 0. The highest BCUT2D eigenvalue weighted by Crippen LogP contribution is 2.27. The smallest absolute Gasteiger partial charge is 0.255 e. The van der Waals surface area contributed by atoms with Crippen molar-refractivity contribution in [1.29, 1.82) is 0 Å². The Balaban J connectivity index is 1.76. The van der Waals surface area contributed by atoms with Crippen LogP contribution >= 0.6 is 0 Å². The van der Waals surface area contributed by atoms with E-state index in [4.69, 9.17) is 0 Å². The van der Waals surface area contributed by atoms with Crippen LogP contribution in [0.2, 0.25) is 0 Å². The van der Waals surface area contributed by atoms with Gasteiger partial charge in [-0.2, -0.15) is 0 Å². The van der Waals surface area contributed by atoms with Gasteiger partial charge in [0.1, 0.15) is 0 Å². The van der Waals surface area contributed by atoms with Gasteiger partial charge in [-0.3, -0.25) is 9.59 Å². The molecule has 1 heterocycles. The summed E-state index contributed by atoms with van der Waals surface area (Å²) in [5.41, 5.74) is 4.72. The van der Waals surface area contributed by atoms with Gasteiger partial charge in [0.2, 0.25) is 5.91 Å². The lowest BCUT2D eigenvalue weighted by Crippen LogP contribution is -2.48. The number of anilines is 2. The van der Waals surface area contributed by atoms with Crippen LogP contribution in [0.3, 0.4) is 0 Å². The van der Waals surface area contributed by atoms with E-state index in [1.807, 2.05) is 61.2 Å². The molecule has 1 aliphatic rings. The number of aryl methyl sites for hydroxylation is 2. The molecule has 2 aromatic carbocycles. The molecule has 0 radical (unpaired) electrons. The van der Waals surface area contributed by atoms with Crippen molar-refractivity contribution in [3.8, 4) is 0 Å². The first kappa shape index (κ1) is 18.0. The largest absolute Gasteiger partial charge is 0.366 e. The number of nitrogens with one attached hydrogen (secondary N) is 1. The first-order valence-electron chi connectivity index (χ1n) is 8.94. The highest BCUT2D eigenvalue weighted by atomic mass is 16.2. The average molecular weight is 351 g/mol. The van der Waals surface area contributed by atoms with Gasteiger partial charge in [-0.15, -0.1) is 0 Å². The number of carbonyl (C=O) groups excluding carboxylic acids is 2. The van der Waals surface area contributed by atoms with Crippen molar-refractivity contribution >= 4 is 23.2 Å². The molecule has 1 fully saturated rings. The lowest BCUT2D eigenvalue weighted by molar-refractivity contribution is -0.129. The second-order valence-electron chi connectivity index (χ2n) is 6.76. The highest BCUT2D eigenvalue weighted by molar-refractivity contribution is 6.06. The number of amides is 2. The number of para-hydroxylation sites is 2. The standard InChI is InChI=1S/C21H25N3O2/c1-15-8-9-18(14-16(15)2)21(26)22-19-6-4-5-7-20(19)24-12-10-23(11-13-24)17(3)25/h4-9,14H,10-13H2,1-3H3,(H,22,26). The van der Waals surface area contributed by atoms with Crippen molar-refractivity contribution in [2.24, 2.45) is 0 Å². The summed E-state index contributed by atoms with van der Waals surface area (Å²) in [6.45, 7) is 8.57. The first-order valence-corrected chi connectivity index (χ1v) is 8.94. The minimum atomic E-state index is -0.108. The van der Waals surface area contributed by atoms with Crippen molar-refractivity contribution in [2.45, 2.75) is 20.8 Å². The molecule has 5 heteroatoms. The van der Waals surface area contributed by atoms with E-state index in [0.717, 1.165) is 30.0 Å². The van der Waals surface area contributed by atoms with E-state index in [2.05, 4.69) is 10.2 Å². The predicted molar refractivity (Wildman–Crippen MR) is 105 cm³/mol. The molecule has 0 bridgehead atoms. The molecule has 1 N–H and O–H groups in total. The topological polar surface area (TPSA) is 52.7 Å². The van der Waals surface area contributed by atoms with Crippen LogP contribution in [-0.2, 0) is 4.79 Å². The summed E-state index contributed by atoms with van der Waals surface area (Å²) < 4.78 is 0. The maximum Gasteiger partial charge on any atom is 0.255 e. The van der Waals surface area contributed by atoms with Gasteiger partial charge in [-0.05, 0) is 49.2 Å². The van der Waals surface area contributed by atoms with Gasteiger partial charge in [0.15, 0.2) is 0 Å². The van der Waals surface area contributed by atoms with Crippen LogP contribution in [0.4, 0.5) is 11.4 Å². The van der Waals surface area contributed by atoms with E-state index in [0.29, 0.717) is 18.7 Å². The van der Waals surface area contributed by atoms with Crippen molar-refractivity contribution in [2.75, 3.05) is 36.4 Å². The number of nitrogens with zero attached hydrogens (tertiary/aromatic N) is 2. The van der Waals surface area contributed by atoms with Crippen molar-refractivity contribution in [3.05, 3.63) is 59.2 Å². The summed E-state index contributed by atoms with van der Waals surface area (Å²) in [4.78, 5) is 28.3. The molecule has 2 aromatic rings. The normalized spacial score (nSPS) is 14.3. The minimum Gasteiger partial charge on any atom is -0.366 e. The first-order chi connectivity index (χ1) is 12.5. The molecule has 0 saturated carbocycles. The van der Waals surface area contributed by atoms with Gasteiger partial charge in [-0.25, -0.2) is 0 Å². The summed E-state index contributed by atoms with van der Waals surface area (Å²) >= 11 is 0. The average Bonchev–Trinajstić information content (AvgIpc) is 2.64. The van der Waals surface area contributed by atoms with E-state index in [1.165, 1.54) is 5.56 Å². The Morgan fingerprint density at radius 1 is 0.923 bits per heavy atom. The van der Waals surface area contributed by atoms with E-state index in [1.54, 1.807) is 6.92 Å². The fourth-order valence-electron chi connectivity index (χ4n) is 3.19. The molecule has 26 heavy (non-hydrogen) atoms. The number of piperazine rings is 1. The molecule has 0 atom stereocenters. The summed E-state index contributed by atoms with van der Waals surface area (Å²) in [5, 5.41) is 3.04. The fraction of sp³-hybridized carbons (Fsp3) is 0.333. The van der Waals surface area contributed by atoms with Gasteiger partial charge < -0.3 is 15.1 Å². The molecule has 2 amide bonds. The summed E-state index contributed by atoms with van der Waals surface area (Å²) in [6, 6.07) is 13.6. The van der Waals surface area contributed by atoms with Crippen LogP contribution in [0.1, 0.15) is 28.4 Å². The third-order valence-electron chi connectivity index (χ3n) is 4.99. The van der Waals surface area contributed by atoms with Crippen LogP contribution in [-0.4, -0.2) is 42.9 Å². The van der Waals surface area contributed by atoms with Gasteiger partial charge >= 0.3 is 0 Å². The number of hydrogen-bond donors (Lipinski definition) is 1. The van der Waals surface area contributed by atoms with Crippen LogP contribution in [0, 0.1) is 13.8 Å². The van der Waals surface area contributed by atoms with Crippen LogP contribution in [0.15, 0.2) is 42.5 Å². The van der Waals surface area contributed by atoms with Crippen LogP contribution in [0.25, 0.3) is 0 Å². The number of rotatable bonds is 3. The zero-order chi connectivity index (χ0) is 18.7. The number of carbonyl (C=O) groups is 2. The molecule has 0 aromatic heterocycles. The maximum atomic E-state index is 12.7. The second-order valence-corrected chi connectivity index (χ2v) is 6.76. The molecule has 0 spiro atoms. The van der Waals surface area contributed by atoms with E-state index >= 15 is 0 Å². The zero-order valence-electron chi connectivity index (χ0n) is 15.6. The molecule has 1 saturated heterocycles. The molecule has 136 valence electrons. The molecule has 5 nitrogen and oxygen atoms in total. The second kappa shape index (κ2) is 7.60. The minimum absolute atomic E-state index is 0.108. The third kappa shape index (κ3) is 3.87. The number of hydrogen-bond acceptors (Lipinski definition) is 3. The van der Waals surface area contributed by atoms with Crippen molar-refractivity contribution in [3.63, 3.8) is 0 Å². The molecular formula is C21H25N3O2. The van der Waals surface area contributed by atoms with Crippen LogP contribution < -0.4 is 10.2 Å². The van der Waals surface area contributed by atoms with E-state index in [-0.39, 0.29) is 11.8 Å². The molecule has 1 aliphatic heterocycles. The van der Waals surface area contributed by atoms with E-state index < -0.39 is 0 Å². The third-order valence-corrected chi connectivity index (χ3v) is 4.99. The highest BCUT2D eigenvalue weighted by Gasteiger charge is 2.21. The quantitative estimate of drug-likeness (QED) is 0.924. The summed E-state index contributed by atoms with van der Waals surface area (Å²) in [7, 11) is 0. The van der Waals surface area contributed by atoms with E-state index in [9.17, 15) is 9.59 Å². The molecule has 0 unspecified atom stereocenters. The monoisotopic (exact) mass is 351 g/mol. The lowest BCUT2D eigenvalue weighted by Gasteiger charge is -2.36. The van der Waals surface area contributed by atoms with Crippen molar-refractivity contribution < 1.29 is 9.59 Å². The Morgan fingerprint density at radius 2 is 1.62 bits per heavy atom. The van der Waals surface area contributed by atoms with Crippen LogP contribution in [0.5, 0.6) is 0 Å². The van der Waals surface area contributed by atoms with Crippen molar-refractivity contribution in [1.82, 2.24) is 4.90 Å². The molecule has 0 aliphatic carbocycles. The SMILES string of the molecule is CC(=O)N1CCN(c2ccccc2NC(=O)c2ccc(C)c(C)c2)CC1. The Hall–Kier alpha value is -2.82. The molecule has 3 rings (SSSR count). The lowest BCUT2D eigenvalue weighted by atomic mass is 10.1.